The summed E-state index contributed by atoms with van der Waals surface area (Å²) in [6.45, 7) is 2.46. The summed E-state index contributed by atoms with van der Waals surface area (Å²) in [4.78, 5) is 11.6. The Hall–Kier alpha value is -0.860. The third-order valence-corrected chi connectivity index (χ3v) is 5.54. The highest BCUT2D eigenvalue weighted by atomic mass is 32.2. The van der Waals surface area contributed by atoms with Crippen molar-refractivity contribution in [1.82, 2.24) is 15.5 Å². The average molecular weight is 328 g/mol. The summed E-state index contributed by atoms with van der Waals surface area (Å²) in [6, 6.07) is 0. The van der Waals surface area contributed by atoms with Gasteiger partial charge in [-0.15, -0.1) is 10.2 Å². The smallest absolute Gasteiger partial charge is 0.230 e. The number of carbonyl (C=O) groups is 1. The van der Waals surface area contributed by atoms with Crippen molar-refractivity contribution < 1.29 is 9.53 Å². The van der Waals surface area contributed by atoms with Gasteiger partial charge >= 0.3 is 0 Å². The van der Waals surface area contributed by atoms with E-state index in [1.54, 1.807) is 0 Å². The summed E-state index contributed by atoms with van der Waals surface area (Å²) < 4.78 is 6.37. The molecule has 1 aliphatic carbocycles. The molecule has 1 saturated carbocycles. The molecule has 1 atom stereocenters. The van der Waals surface area contributed by atoms with Crippen LogP contribution < -0.4 is 10.6 Å². The van der Waals surface area contributed by atoms with Crippen LogP contribution in [0.5, 0.6) is 0 Å². The Morgan fingerprint density at radius 1 is 1.33 bits per heavy atom. The van der Waals surface area contributed by atoms with Gasteiger partial charge in [0.1, 0.15) is 0 Å². The van der Waals surface area contributed by atoms with Gasteiger partial charge in [0.15, 0.2) is 4.34 Å². The Kier molecular flexibility index (Phi) is 5.32. The first-order valence-electron chi connectivity index (χ1n) is 7.38. The van der Waals surface area contributed by atoms with Crippen LogP contribution >= 0.6 is 23.1 Å². The molecule has 0 radical (unpaired) electrons. The molecule has 1 aromatic heterocycles. The van der Waals surface area contributed by atoms with Gasteiger partial charge in [-0.05, 0) is 31.6 Å². The molecular weight excluding hydrogens is 308 g/mol. The summed E-state index contributed by atoms with van der Waals surface area (Å²) >= 11 is 2.93. The van der Waals surface area contributed by atoms with E-state index in [0.29, 0.717) is 17.8 Å². The fourth-order valence-electron chi connectivity index (χ4n) is 2.10. The molecule has 116 valence electrons. The second-order valence-corrected chi connectivity index (χ2v) is 7.63. The number of carbonyl (C=O) groups excluding carboxylic acids is 1. The molecule has 0 aromatic carbocycles. The molecule has 2 heterocycles. The van der Waals surface area contributed by atoms with Crippen LogP contribution in [0.1, 0.15) is 25.7 Å². The number of anilines is 1. The molecule has 0 bridgehead atoms. The normalized spacial score (nSPS) is 21.4. The largest absolute Gasteiger partial charge is 0.376 e. The Labute approximate surface area is 132 Å². The first kappa shape index (κ1) is 15.1. The molecule has 2 aliphatic rings. The van der Waals surface area contributed by atoms with Crippen LogP contribution in [0.2, 0.25) is 0 Å². The van der Waals surface area contributed by atoms with Gasteiger partial charge in [-0.3, -0.25) is 4.79 Å². The quantitative estimate of drug-likeness (QED) is 0.708. The van der Waals surface area contributed by atoms with Crippen molar-refractivity contribution in [2.24, 2.45) is 5.92 Å². The average Bonchev–Trinajstić information content (AvgIpc) is 2.99. The van der Waals surface area contributed by atoms with Crippen molar-refractivity contribution in [3.05, 3.63) is 0 Å². The Balaban J connectivity index is 1.34. The number of amides is 1. The van der Waals surface area contributed by atoms with Gasteiger partial charge in [0.05, 0.1) is 11.9 Å². The summed E-state index contributed by atoms with van der Waals surface area (Å²) in [5, 5.41) is 15.2. The highest BCUT2D eigenvalue weighted by molar-refractivity contribution is 8.01. The third kappa shape index (κ3) is 5.12. The maximum Gasteiger partial charge on any atom is 0.230 e. The van der Waals surface area contributed by atoms with Gasteiger partial charge in [-0.25, -0.2) is 0 Å². The van der Waals surface area contributed by atoms with Crippen LogP contribution in [0.3, 0.4) is 0 Å². The SMILES string of the molecule is O=C(CSc1nnc(NCC2CCCO2)s1)NCC1CC1. The molecule has 3 rings (SSSR count). The highest BCUT2D eigenvalue weighted by Gasteiger charge is 2.21. The van der Waals surface area contributed by atoms with Gasteiger partial charge in [0, 0.05) is 19.7 Å². The zero-order valence-corrected chi connectivity index (χ0v) is 13.5. The summed E-state index contributed by atoms with van der Waals surface area (Å²) in [7, 11) is 0. The predicted molar refractivity (Wildman–Crippen MR) is 83.8 cm³/mol. The number of nitrogens with one attached hydrogen (secondary N) is 2. The number of hydrogen-bond acceptors (Lipinski definition) is 7. The summed E-state index contributed by atoms with van der Waals surface area (Å²) in [5.41, 5.74) is 0. The first-order valence-corrected chi connectivity index (χ1v) is 9.18. The molecule has 2 fully saturated rings. The molecule has 1 saturated heterocycles. The van der Waals surface area contributed by atoms with Crippen molar-refractivity contribution in [3.63, 3.8) is 0 Å². The van der Waals surface area contributed by atoms with Crippen molar-refractivity contribution in [1.29, 1.82) is 0 Å². The Bertz CT molecular complexity index is 472. The Morgan fingerprint density at radius 2 is 2.24 bits per heavy atom. The lowest BCUT2D eigenvalue weighted by Gasteiger charge is -2.08. The Morgan fingerprint density at radius 3 is 3.00 bits per heavy atom. The van der Waals surface area contributed by atoms with Crippen LogP contribution in [0, 0.1) is 5.92 Å². The van der Waals surface area contributed by atoms with E-state index in [9.17, 15) is 4.79 Å². The van der Waals surface area contributed by atoms with Crippen LogP contribution in [0.25, 0.3) is 0 Å². The molecule has 1 aromatic rings. The zero-order valence-electron chi connectivity index (χ0n) is 11.8. The summed E-state index contributed by atoms with van der Waals surface area (Å²) in [5.74, 6) is 1.21. The lowest BCUT2D eigenvalue weighted by atomic mass is 10.2. The van der Waals surface area contributed by atoms with E-state index < -0.39 is 0 Å². The van der Waals surface area contributed by atoms with Crippen molar-refractivity contribution in [3.8, 4) is 0 Å². The molecule has 1 aliphatic heterocycles. The van der Waals surface area contributed by atoms with Crippen molar-refractivity contribution in [2.75, 3.05) is 30.8 Å². The van der Waals surface area contributed by atoms with E-state index in [0.717, 1.165) is 42.0 Å². The third-order valence-electron chi connectivity index (χ3n) is 3.52. The number of ether oxygens (including phenoxy) is 1. The summed E-state index contributed by atoms with van der Waals surface area (Å²) in [6.07, 6.45) is 5.04. The van der Waals surface area contributed by atoms with E-state index in [-0.39, 0.29) is 5.91 Å². The topological polar surface area (TPSA) is 76.1 Å². The van der Waals surface area contributed by atoms with E-state index in [4.69, 9.17) is 4.74 Å². The monoisotopic (exact) mass is 328 g/mol. The number of rotatable bonds is 8. The minimum Gasteiger partial charge on any atom is -0.376 e. The molecule has 1 unspecified atom stereocenters. The lowest BCUT2D eigenvalue weighted by Crippen LogP contribution is -2.27. The van der Waals surface area contributed by atoms with Gasteiger partial charge < -0.3 is 15.4 Å². The van der Waals surface area contributed by atoms with E-state index in [1.807, 2.05) is 0 Å². The zero-order chi connectivity index (χ0) is 14.5. The first-order chi connectivity index (χ1) is 10.3. The molecule has 6 nitrogen and oxygen atoms in total. The maximum absolute atomic E-state index is 11.6. The molecule has 0 spiro atoms. The molecule has 2 N–H and O–H groups in total. The minimum absolute atomic E-state index is 0.0796. The minimum atomic E-state index is 0.0796. The second-order valence-electron chi connectivity index (χ2n) is 5.43. The van der Waals surface area contributed by atoms with E-state index >= 15 is 0 Å². The van der Waals surface area contributed by atoms with Crippen LogP contribution in [0.15, 0.2) is 4.34 Å². The van der Waals surface area contributed by atoms with Crippen LogP contribution in [-0.4, -0.2) is 47.7 Å². The van der Waals surface area contributed by atoms with Gasteiger partial charge in [-0.1, -0.05) is 23.1 Å². The number of hydrogen-bond donors (Lipinski definition) is 2. The van der Waals surface area contributed by atoms with Crippen molar-refractivity contribution in [2.45, 2.75) is 36.1 Å². The number of aromatic nitrogens is 2. The van der Waals surface area contributed by atoms with E-state index in [2.05, 4.69) is 20.8 Å². The van der Waals surface area contributed by atoms with Crippen LogP contribution in [0.4, 0.5) is 5.13 Å². The molecule has 1 amide bonds. The fourth-order valence-corrected chi connectivity index (χ4v) is 3.69. The molecular formula is C13H20N4O2S2. The molecule has 8 heteroatoms. The second kappa shape index (κ2) is 7.42. The van der Waals surface area contributed by atoms with Crippen LogP contribution in [-0.2, 0) is 9.53 Å². The fraction of sp³-hybridized carbons (Fsp3) is 0.769. The number of thioether (sulfide) groups is 1. The molecule has 21 heavy (non-hydrogen) atoms. The van der Waals surface area contributed by atoms with Gasteiger partial charge in [0.25, 0.3) is 0 Å². The highest BCUT2D eigenvalue weighted by Crippen LogP contribution is 2.28. The predicted octanol–water partition coefficient (Wildman–Crippen LogP) is 1.75. The van der Waals surface area contributed by atoms with Gasteiger partial charge in [0.2, 0.25) is 11.0 Å². The maximum atomic E-state index is 11.6. The standard InChI is InChI=1S/C13H20N4O2S2/c18-11(14-6-9-3-4-9)8-20-13-17-16-12(21-13)15-7-10-2-1-5-19-10/h9-10H,1-8H2,(H,14,18)(H,15,16). The lowest BCUT2D eigenvalue weighted by molar-refractivity contribution is -0.118. The van der Waals surface area contributed by atoms with Crippen molar-refractivity contribution >= 4 is 34.1 Å². The van der Waals surface area contributed by atoms with E-state index in [1.165, 1.54) is 35.9 Å². The number of nitrogens with zero attached hydrogens (tertiary/aromatic N) is 2. The van der Waals surface area contributed by atoms with Gasteiger partial charge in [-0.2, -0.15) is 0 Å².